The Labute approximate surface area is 163 Å². The lowest BCUT2D eigenvalue weighted by atomic mass is 9.79. The number of pyridine rings is 1. The second kappa shape index (κ2) is 7.68. The highest BCUT2D eigenvalue weighted by molar-refractivity contribution is 7.84. The summed E-state index contributed by atoms with van der Waals surface area (Å²) >= 11 is 0. The molecule has 0 aliphatic heterocycles. The van der Waals surface area contributed by atoms with Crippen molar-refractivity contribution in [2.75, 3.05) is 5.73 Å². The molecule has 0 amide bonds. The summed E-state index contributed by atoms with van der Waals surface area (Å²) in [5.41, 5.74) is 7.06. The van der Waals surface area contributed by atoms with Crippen molar-refractivity contribution in [1.82, 2.24) is 9.71 Å². The van der Waals surface area contributed by atoms with E-state index in [1.54, 1.807) is 24.5 Å². The molecule has 4 nitrogen and oxygen atoms in total. The van der Waals surface area contributed by atoms with Crippen LogP contribution in [-0.4, -0.2) is 13.9 Å². The second-order valence-corrected chi connectivity index (χ2v) is 10.3. The highest BCUT2D eigenvalue weighted by Crippen LogP contribution is 2.42. The van der Waals surface area contributed by atoms with Gasteiger partial charge in [-0.1, -0.05) is 18.9 Å². The zero-order valence-electron chi connectivity index (χ0n) is 16.2. The molecule has 2 aromatic rings. The summed E-state index contributed by atoms with van der Waals surface area (Å²) in [6, 6.07) is 8.65. The van der Waals surface area contributed by atoms with E-state index in [4.69, 9.17) is 5.73 Å². The number of nitrogens with two attached hydrogens (primary N) is 1. The average Bonchev–Trinajstić information content (AvgIpc) is 3.45. The molecular weight excluding hydrogens is 361 g/mol. The maximum atomic E-state index is 13.8. The van der Waals surface area contributed by atoms with Gasteiger partial charge in [-0.3, -0.25) is 4.98 Å². The van der Waals surface area contributed by atoms with Crippen molar-refractivity contribution in [3.63, 3.8) is 0 Å². The van der Waals surface area contributed by atoms with Crippen LogP contribution in [0, 0.1) is 11.7 Å². The van der Waals surface area contributed by atoms with Gasteiger partial charge in [-0.25, -0.2) is 13.3 Å². The summed E-state index contributed by atoms with van der Waals surface area (Å²) in [7, 11) is -1.32. The Kier molecular flexibility index (Phi) is 5.68. The fraction of sp³-hybridized carbons (Fsp3) is 0.476. The molecule has 0 bridgehead atoms. The van der Waals surface area contributed by atoms with Crippen molar-refractivity contribution >= 4 is 16.7 Å². The highest BCUT2D eigenvalue weighted by atomic mass is 32.2. The van der Waals surface area contributed by atoms with E-state index in [1.165, 1.54) is 18.9 Å². The van der Waals surface area contributed by atoms with Gasteiger partial charge in [-0.15, -0.1) is 0 Å². The lowest BCUT2D eigenvalue weighted by molar-refractivity contribution is 0.415. The standard InChI is InChI=1S/C21H28FN3OS/c1-20(2,3)27(26)25-21(11-8-15-4-5-15,16-9-12-24-13-10-16)17-6-7-18(22)19(23)14-17/h6-7,9-10,12-15,25H,4-5,8,11,23H2,1-3H3/t21?,27-/m1/s1. The SMILES string of the molecule is CC(C)(C)[S@@](=O)NC(CCC1CC1)(c1ccncc1)c1ccc(F)c(N)c1. The smallest absolute Gasteiger partial charge is 0.146 e. The molecule has 1 aromatic heterocycles. The number of nitrogens with one attached hydrogen (secondary N) is 1. The molecule has 0 saturated heterocycles. The Balaban J connectivity index is 2.13. The summed E-state index contributed by atoms with van der Waals surface area (Å²) in [6.45, 7) is 5.81. The van der Waals surface area contributed by atoms with Gasteiger partial charge in [-0.05, 0) is 74.9 Å². The third-order valence-corrected chi connectivity index (χ3v) is 6.76. The molecule has 1 unspecified atom stereocenters. The van der Waals surface area contributed by atoms with E-state index in [2.05, 4.69) is 9.71 Å². The Morgan fingerprint density at radius 2 is 1.85 bits per heavy atom. The van der Waals surface area contributed by atoms with Crippen molar-refractivity contribution in [3.8, 4) is 0 Å². The largest absolute Gasteiger partial charge is 0.396 e. The summed E-state index contributed by atoms with van der Waals surface area (Å²) < 4.78 is 29.9. The zero-order chi connectivity index (χ0) is 19.7. The Morgan fingerprint density at radius 3 is 2.41 bits per heavy atom. The number of benzene rings is 1. The number of nitrogens with zero attached hydrogens (tertiary/aromatic N) is 1. The minimum atomic E-state index is -1.32. The van der Waals surface area contributed by atoms with Crippen molar-refractivity contribution in [3.05, 3.63) is 59.7 Å². The van der Waals surface area contributed by atoms with Crippen LogP contribution >= 0.6 is 0 Å². The van der Waals surface area contributed by atoms with E-state index >= 15 is 0 Å². The molecule has 2 atom stereocenters. The van der Waals surface area contributed by atoms with Gasteiger partial charge in [0.15, 0.2) is 0 Å². The number of anilines is 1. The third kappa shape index (κ3) is 4.55. The Morgan fingerprint density at radius 1 is 1.19 bits per heavy atom. The van der Waals surface area contributed by atoms with Crippen LogP contribution < -0.4 is 10.5 Å². The van der Waals surface area contributed by atoms with Gasteiger partial charge in [0.2, 0.25) is 0 Å². The van der Waals surface area contributed by atoms with E-state index in [0.29, 0.717) is 5.92 Å². The zero-order valence-corrected chi connectivity index (χ0v) is 17.0. The molecule has 27 heavy (non-hydrogen) atoms. The summed E-state index contributed by atoms with van der Waals surface area (Å²) in [4.78, 5) is 4.13. The molecule has 1 saturated carbocycles. The van der Waals surface area contributed by atoms with Gasteiger partial charge in [0.05, 0.1) is 27.0 Å². The van der Waals surface area contributed by atoms with Crippen LogP contribution in [0.3, 0.4) is 0 Å². The first kappa shape index (κ1) is 20.0. The van der Waals surface area contributed by atoms with Crippen LogP contribution in [-0.2, 0) is 16.5 Å². The Bertz CT molecular complexity index is 818. The van der Waals surface area contributed by atoms with Crippen molar-refractivity contribution in [1.29, 1.82) is 0 Å². The molecule has 3 N–H and O–H groups in total. The molecule has 1 heterocycles. The first-order valence-corrected chi connectivity index (χ1v) is 10.5. The molecule has 1 fully saturated rings. The van der Waals surface area contributed by atoms with E-state index in [1.807, 2.05) is 32.9 Å². The van der Waals surface area contributed by atoms with Crippen LogP contribution in [0.4, 0.5) is 10.1 Å². The minimum absolute atomic E-state index is 0.0979. The van der Waals surface area contributed by atoms with Crippen molar-refractivity contribution < 1.29 is 8.60 Å². The van der Waals surface area contributed by atoms with Crippen LogP contribution in [0.15, 0.2) is 42.7 Å². The van der Waals surface area contributed by atoms with E-state index in [-0.39, 0.29) is 5.69 Å². The van der Waals surface area contributed by atoms with Gasteiger partial charge in [0.1, 0.15) is 5.82 Å². The van der Waals surface area contributed by atoms with Gasteiger partial charge in [0.25, 0.3) is 0 Å². The average molecular weight is 390 g/mol. The summed E-state index contributed by atoms with van der Waals surface area (Å²) in [5.74, 6) is 0.260. The van der Waals surface area contributed by atoms with Crippen LogP contribution in [0.1, 0.15) is 57.6 Å². The number of nitrogen functional groups attached to an aromatic ring is 1. The van der Waals surface area contributed by atoms with Gasteiger partial charge < -0.3 is 5.73 Å². The number of aromatic nitrogens is 1. The predicted octanol–water partition coefficient (Wildman–Crippen LogP) is 4.29. The summed E-state index contributed by atoms with van der Waals surface area (Å²) in [6.07, 6.45) is 7.70. The lowest BCUT2D eigenvalue weighted by Crippen LogP contribution is -2.49. The number of hydrogen-bond acceptors (Lipinski definition) is 3. The van der Waals surface area contributed by atoms with Crippen LogP contribution in [0.5, 0.6) is 0 Å². The first-order valence-electron chi connectivity index (χ1n) is 9.38. The van der Waals surface area contributed by atoms with Crippen molar-refractivity contribution in [2.24, 2.45) is 5.92 Å². The molecule has 1 aromatic carbocycles. The number of halogens is 1. The molecule has 0 spiro atoms. The number of rotatable bonds is 7. The molecule has 0 radical (unpaired) electrons. The molecule has 3 rings (SSSR count). The normalized spacial score (nSPS) is 18.1. The fourth-order valence-corrected chi connectivity index (χ4v) is 4.17. The maximum Gasteiger partial charge on any atom is 0.146 e. The quantitative estimate of drug-likeness (QED) is 0.694. The van der Waals surface area contributed by atoms with Crippen LogP contribution in [0.25, 0.3) is 0 Å². The highest BCUT2D eigenvalue weighted by Gasteiger charge is 2.40. The lowest BCUT2D eigenvalue weighted by Gasteiger charge is -2.38. The fourth-order valence-electron chi connectivity index (χ4n) is 3.21. The van der Waals surface area contributed by atoms with Gasteiger partial charge >= 0.3 is 0 Å². The van der Waals surface area contributed by atoms with Gasteiger partial charge in [-0.2, -0.15) is 0 Å². The van der Waals surface area contributed by atoms with E-state index in [0.717, 1.165) is 24.0 Å². The molecule has 6 heteroatoms. The second-order valence-electron chi connectivity index (χ2n) is 8.34. The molecular formula is C21H28FN3OS. The third-order valence-electron chi connectivity index (χ3n) is 5.11. The topological polar surface area (TPSA) is 68.0 Å². The van der Waals surface area contributed by atoms with Crippen LogP contribution in [0.2, 0.25) is 0 Å². The molecule has 1 aliphatic rings. The first-order chi connectivity index (χ1) is 12.7. The Hall–Kier alpha value is -1.79. The minimum Gasteiger partial charge on any atom is -0.396 e. The number of hydrogen-bond donors (Lipinski definition) is 2. The molecule has 1 aliphatic carbocycles. The van der Waals surface area contributed by atoms with Gasteiger partial charge in [0, 0.05) is 12.4 Å². The van der Waals surface area contributed by atoms with E-state index in [9.17, 15) is 8.60 Å². The van der Waals surface area contributed by atoms with Crippen molar-refractivity contribution in [2.45, 2.75) is 56.7 Å². The maximum absolute atomic E-state index is 13.8. The monoisotopic (exact) mass is 389 g/mol. The summed E-state index contributed by atoms with van der Waals surface area (Å²) in [5, 5.41) is 0. The molecule has 146 valence electrons. The predicted molar refractivity (Wildman–Crippen MR) is 109 cm³/mol. The van der Waals surface area contributed by atoms with E-state index < -0.39 is 27.1 Å².